The SMILES string of the molecule is CC[Si](CCCc1ccc(F)cc1F)(OC)OC. The molecule has 0 N–H and O–H groups in total. The number of hydrogen-bond acceptors (Lipinski definition) is 2. The van der Waals surface area contributed by atoms with Crippen LogP contribution in [0.25, 0.3) is 0 Å². The van der Waals surface area contributed by atoms with Gasteiger partial charge in [0.25, 0.3) is 0 Å². The summed E-state index contributed by atoms with van der Waals surface area (Å²) in [5.74, 6) is -1.02. The summed E-state index contributed by atoms with van der Waals surface area (Å²) in [5.41, 5.74) is 0.544. The molecule has 0 amide bonds. The molecule has 0 radical (unpaired) electrons. The summed E-state index contributed by atoms with van der Waals surface area (Å²) < 4.78 is 37.1. The summed E-state index contributed by atoms with van der Waals surface area (Å²) in [7, 11) is 1.23. The Balaban J connectivity index is 2.55. The fourth-order valence-electron chi connectivity index (χ4n) is 2.03. The standard InChI is InChI=1S/C13H20F2O2Si/c1-4-18(16-2,17-3)9-5-6-11-7-8-12(14)10-13(11)15/h7-8,10H,4-6,9H2,1-3H3. The summed E-state index contributed by atoms with van der Waals surface area (Å²) in [6.07, 6.45) is 1.36. The van der Waals surface area contributed by atoms with E-state index in [9.17, 15) is 8.78 Å². The van der Waals surface area contributed by atoms with Gasteiger partial charge in [0.05, 0.1) is 0 Å². The molecular weight excluding hydrogens is 254 g/mol. The number of hydrogen-bond donors (Lipinski definition) is 0. The maximum absolute atomic E-state index is 13.4. The molecule has 0 fully saturated rings. The molecule has 0 aliphatic rings. The largest absolute Gasteiger partial charge is 0.398 e. The maximum Gasteiger partial charge on any atom is 0.337 e. The second-order valence-electron chi connectivity index (χ2n) is 4.26. The molecule has 2 nitrogen and oxygen atoms in total. The molecule has 0 atom stereocenters. The number of benzene rings is 1. The average molecular weight is 274 g/mol. The lowest BCUT2D eigenvalue weighted by molar-refractivity contribution is 0.242. The van der Waals surface area contributed by atoms with E-state index in [1.165, 1.54) is 12.1 Å². The predicted molar refractivity (Wildman–Crippen MR) is 69.7 cm³/mol. The van der Waals surface area contributed by atoms with E-state index in [4.69, 9.17) is 8.85 Å². The minimum Gasteiger partial charge on any atom is -0.398 e. The van der Waals surface area contributed by atoms with Crippen LogP contribution in [0.3, 0.4) is 0 Å². The molecule has 0 unspecified atom stereocenters. The van der Waals surface area contributed by atoms with Crippen molar-refractivity contribution >= 4 is 8.56 Å². The third kappa shape index (κ3) is 3.86. The Morgan fingerprint density at radius 1 is 1.17 bits per heavy atom. The Bertz CT molecular complexity index is 373. The van der Waals surface area contributed by atoms with Gasteiger partial charge >= 0.3 is 8.56 Å². The summed E-state index contributed by atoms with van der Waals surface area (Å²) in [6.45, 7) is 2.04. The van der Waals surface area contributed by atoms with E-state index in [0.29, 0.717) is 12.0 Å². The molecule has 0 spiro atoms. The van der Waals surface area contributed by atoms with Crippen LogP contribution in [0, 0.1) is 11.6 Å². The molecule has 1 aromatic rings. The molecule has 0 bridgehead atoms. The quantitative estimate of drug-likeness (QED) is 0.707. The molecule has 0 heterocycles. The van der Waals surface area contributed by atoms with Crippen LogP contribution in [0.1, 0.15) is 18.9 Å². The summed E-state index contributed by atoms with van der Waals surface area (Å²) in [6, 6.07) is 5.39. The van der Waals surface area contributed by atoms with Gasteiger partial charge in [0.2, 0.25) is 0 Å². The van der Waals surface area contributed by atoms with E-state index >= 15 is 0 Å². The maximum atomic E-state index is 13.4. The number of rotatable bonds is 7. The highest BCUT2D eigenvalue weighted by Gasteiger charge is 2.32. The van der Waals surface area contributed by atoms with Gasteiger partial charge in [0, 0.05) is 20.3 Å². The van der Waals surface area contributed by atoms with Gasteiger partial charge in [-0.05, 0) is 36.6 Å². The zero-order chi connectivity index (χ0) is 13.6. The van der Waals surface area contributed by atoms with Gasteiger partial charge in [-0.1, -0.05) is 13.0 Å². The molecular formula is C13H20F2O2Si. The molecule has 1 rings (SSSR count). The highest BCUT2D eigenvalue weighted by atomic mass is 28.4. The van der Waals surface area contributed by atoms with Crippen LogP contribution in [0.2, 0.25) is 12.1 Å². The molecule has 0 saturated carbocycles. The van der Waals surface area contributed by atoms with Crippen LogP contribution < -0.4 is 0 Å². The minimum atomic E-state index is -2.10. The van der Waals surface area contributed by atoms with Crippen molar-refractivity contribution in [1.29, 1.82) is 0 Å². The Morgan fingerprint density at radius 2 is 1.83 bits per heavy atom. The highest BCUT2D eigenvalue weighted by Crippen LogP contribution is 2.21. The van der Waals surface area contributed by atoms with Crippen LogP contribution in [0.15, 0.2) is 18.2 Å². The van der Waals surface area contributed by atoms with Gasteiger partial charge in [-0.25, -0.2) is 8.78 Å². The molecule has 0 aliphatic carbocycles. The number of halogens is 2. The van der Waals surface area contributed by atoms with Crippen LogP contribution in [0.5, 0.6) is 0 Å². The van der Waals surface area contributed by atoms with Gasteiger partial charge in [0.1, 0.15) is 11.6 Å². The Labute approximate surface area is 108 Å². The van der Waals surface area contributed by atoms with Crippen molar-refractivity contribution in [3.05, 3.63) is 35.4 Å². The fraction of sp³-hybridized carbons (Fsp3) is 0.538. The first-order valence-electron chi connectivity index (χ1n) is 6.11. The second-order valence-corrected chi connectivity index (χ2v) is 8.11. The summed E-state index contributed by atoms with van der Waals surface area (Å²) in [5, 5.41) is 0. The van der Waals surface area contributed by atoms with Gasteiger partial charge in [-0.3, -0.25) is 0 Å². The number of aryl methyl sites for hydroxylation is 1. The van der Waals surface area contributed by atoms with Crippen molar-refractivity contribution in [2.75, 3.05) is 14.2 Å². The van der Waals surface area contributed by atoms with Crippen molar-refractivity contribution in [2.24, 2.45) is 0 Å². The van der Waals surface area contributed by atoms with Gasteiger partial charge in [-0.2, -0.15) is 0 Å². The lowest BCUT2D eigenvalue weighted by Gasteiger charge is -2.25. The van der Waals surface area contributed by atoms with Gasteiger partial charge in [0.15, 0.2) is 0 Å². The van der Waals surface area contributed by atoms with Gasteiger partial charge < -0.3 is 8.85 Å². The first-order valence-corrected chi connectivity index (χ1v) is 8.34. The van der Waals surface area contributed by atoms with Crippen molar-refractivity contribution in [2.45, 2.75) is 31.9 Å². The molecule has 18 heavy (non-hydrogen) atoms. The van der Waals surface area contributed by atoms with Crippen molar-refractivity contribution in [1.82, 2.24) is 0 Å². The Hall–Kier alpha value is -0.783. The Kier molecular flexibility index (Phi) is 5.91. The fourth-order valence-corrected chi connectivity index (χ4v) is 4.25. The molecule has 0 aromatic heterocycles. The topological polar surface area (TPSA) is 18.5 Å². The first kappa shape index (κ1) is 15.3. The lowest BCUT2D eigenvalue weighted by atomic mass is 10.1. The van der Waals surface area contributed by atoms with Crippen LogP contribution >= 0.6 is 0 Å². The Morgan fingerprint density at radius 3 is 2.33 bits per heavy atom. The monoisotopic (exact) mass is 274 g/mol. The minimum absolute atomic E-state index is 0.478. The smallest absolute Gasteiger partial charge is 0.337 e. The van der Waals surface area contributed by atoms with E-state index < -0.39 is 20.2 Å². The summed E-state index contributed by atoms with van der Waals surface area (Å²) in [4.78, 5) is 0. The second kappa shape index (κ2) is 6.97. The molecule has 1 aromatic carbocycles. The van der Waals surface area contributed by atoms with Crippen molar-refractivity contribution in [3.8, 4) is 0 Å². The van der Waals surface area contributed by atoms with Crippen LogP contribution in [0.4, 0.5) is 8.78 Å². The van der Waals surface area contributed by atoms with Gasteiger partial charge in [-0.15, -0.1) is 0 Å². The normalized spacial score (nSPS) is 11.8. The highest BCUT2D eigenvalue weighted by molar-refractivity contribution is 6.67. The zero-order valence-corrected chi connectivity index (χ0v) is 12.1. The van der Waals surface area contributed by atoms with E-state index in [-0.39, 0.29) is 0 Å². The summed E-state index contributed by atoms with van der Waals surface area (Å²) >= 11 is 0. The van der Waals surface area contributed by atoms with Crippen LogP contribution in [-0.4, -0.2) is 22.8 Å². The molecule has 5 heteroatoms. The van der Waals surface area contributed by atoms with E-state index in [0.717, 1.165) is 24.6 Å². The molecule has 102 valence electrons. The average Bonchev–Trinajstić information content (AvgIpc) is 2.38. The van der Waals surface area contributed by atoms with Crippen molar-refractivity contribution < 1.29 is 17.6 Å². The first-order chi connectivity index (χ1) is 8.56. The van der Waals surface area contributed by atoms with Crippen molar-refractivity contribution in [3.63, 3.8) is 0 Å². The van der Waals surface area contributed by atoms with Crippen LogP contribution in [-0.2, 0) is 15.3 Å². The zero-order valence-electron chi connectivity index (χ0n) is 11.1. The van der Waals surface area contributed by atoms with E-state index in [2.05, 4.69) is 0 Å². The van der Waals surface area contributed by atoms with E-state index in [1.54, 1.807) is 14.2 Å². The molecule has 0 saturated heterocycles. The lowest BCUT2D eigenvalue weighted by Crippen LogP contribution is -2.39. The third-order valence-electron chi connectivity index (χ3n) is 3.30. The van der Waals surface area contributed by atoms with E-state index in [1.807, 2.05) is 6.92 Å². The predicted octanol–water partition coefficient (Wildman–Crippen LogP) is 3.65. The third-order valence-corrected chi connectivity index (χ3v) is 6.98. The molecule has 0 aliphatic heterocycles.